The average Bonchev–Trinajstić information content (AvgIpc) is 3.47. The minimum atomic E-state index is -0.869. The van der Waals surface area contributed by atoms with Crippen molar-refractivity contribution in [2.45, 2.75) is 55.8 Å². The van der Waals surface area contributed by atoms with Gasteiger partial charge in [-0.1, -0.05) is 68.1 Å². The molecule has 3 atom stereocenters. The van der Waals surface area contributed by atoms with Gasteiger partial charge >= 0.3 is 10.8 Å². The number of esters is 1. The van der Waals surface area contributed by atoms with Crippen molar-refractivity contribution < 1.29 is 28.3 Å². The fourth-order valence-corrected chi connectivity index (χ4v) is 8.67. The number of carbonyl (C=O) groups excluding carboxylic acids is 4. The third-order valence-electron chi connectivity index (χ3n) is 8.25. The van der Waals surface area contributed by atoms with Crippen molar-refractivity contribution in [2.24, 2.45) is 5.92 Å². The molecule has 1 saturated heterocycles. The van der Waals surface area contributed by atoms with Crippen molar-refractivity contribution >= 4 is 58.2 Å². The van der Waals surface area contributed by atoms with Gasteiger partial charge in [-0.3, -0.25) is 23.7 Å². The van der Waals surface area contributed by atoms with Gasteiger partial charge in [-0.05, 0) is 72.0 Å². The van der Waals surface area contributed by atoms with E-state index in [-0.39, 0.29) is 29.1 Å². The topological polar surface area (TPSA) is 115 Å². The van der Waals surface area contributed by atoms with Gasteiger partial charge in [0.2, 0.25) is 17.7 Å². The maximum absolute atomic E-state index is 14.1. The first-order valence-corrected chi connectivity index (χ1v) is 16.8. The quantitative estimate of drug-likeness (QED) is 0.190. The Balaban J connectivity index is 1.35. The Morgan fingerprint density at radius 1 is 0.915 bits per heavy atom. The number of aromatic nitrogens is 1. The summed E-state index contributed by atoms with van der Waals surface area (Å²) < 4.78 is 20.1. The molecule has 0 spiro atoms. The molecule has 0 bridgehead atoms. The van der Waals surface area contributed by atoms with Crippen LogP contribution in [-0.2, 0) is 31.1 Å². The Kier molecular flexibility index (Phi) is 8.66. The zero-order valence-corrected chi connectivity index (χ0v) is 27.7. The summed E-state index contributed by atoms with van der Waals surface area (Å²) in [5.41, 5.74) is 2.78. The number of hydrogen-bond acceptors (Lipinski definition) is 8. The maximum atomic E-state index is 14.1. The predicted molar refractivity (Wildman–Crippen MR) is 179 cm³/mol. The highest BCUT2D eigenvalue weighted by Crippen LogP contribution is 2.54. The maximum Gasteiger partial charge on any atom is 0.338 e. The number of nitrogens with one attached hydrogen (secondary N) is 1. The van der Waals surface area contributed by atoms with Crippen LogP contribution < -0.4 is 15.1 Å². The fraction of sp³-hybridized carbons (Fsp3) is 0.286. The Hall–Kier alpha value is -4.55. The van der Waals surface area contributed by atoms with E-state index in [2.05, 4.69) is 26.1 Å². The summed E-state index contributed by atoms with van der Waals surface area (Å²) >= 11 is 2.07. The monoisotopic (exact) mass is 673 g/mol. The van der Waals surface area contributed by atoms with Crippen LogP contribution in [0.15, 0.2) is 82.6 Å². The smallest absolute Gasteiger partial charge is 0.338 e. The minimum absolute atomic E-state index is 0.117. The zero-order chi connectivity index (χ0) is 33.6. The van der Waals surface area contributed by atoms with Crippen LogP contribution in [0, 0.1) is 11.7 Å². The largest absolute Gasteiger partial charge is 0.462 e. The molecule has 4 aromatic rings. The number of rotatable bonds is 7. The molecule has 0 aliphatic carbocycles. The molecule has 0 saturated carbocycles. The van der Waals surface area contributed by atoms with E-state index in [1.165, 1.54) is 41.0 Å². The van der Waals surface area contributed by atoms with E-state index >= 15 is 0 Å². The predicted octanol–water partition coefficient (Wildman–Crippen LogP) is 5.96. The highest BCUT2D eigenvalue weighted by molar-refractivity contribution is 8.00. The van der Waals surface area contributed by atoms with E-state index in [9.17, 15) is 28.4 Å². The highest BCUT2D eigenvalue weighted by atomic mass is 32.2. The summed E-state index contributed by atoms with van der Waals surface area (Å²) in [5, 5.41) is 2.35. The number of anilines is 2. The summed E-state index contributed by atoms with van der Waals surface area (Å²) in [6, 6.07) is 19.3. The lowest BCUT2D eigenvalue weighted by atomic mass is 9.81. The van der Waals surface area contributed by atoms with Crippen LogP contribution in [0.3, 0.4) is 0 Å². The van der Waals surface area contributed by atoms with Gasteiger partial charge in [0.25, 0.3) is 0 Å². The molecule has 47 heavy (non-hydrogen) atoms. The number of fused-ring (bicyclic) bond motifs is 2. The van der Waals surface area contributed by atoms with Crippen LogP contribution in [0.4, 0.5) is 15.8 Å². The molecule has 9 nitrogen and oxygen atoms in total. The molecule has 3 unspecified atom stereocenters. The molecule has 3 heterocycles. The molecule has 1 aromatic heterocycles. The first-order chi connectivity index (χ1) is 22.4. The summed E-state index contributed by atoms with van der Waals surface area (Å²) in [5.74, 6) is -3.77. The Labute approximate surface area is 278 Å². The van der Waals surface area contributed by atoms with Crippen molar-refractivity contribution in [3.63, 3.8) is 0 Å². The van der Waals surface area contributed by atoms with E-state index < -0.39 is 46.6 Å². The van der Waals surface area contributed by atoms with Crippen molar-refractivity contribution in [2.75, 3.05) is 16.8 Å². The number of benzene rings is 3. The van der Waals surface area contributed by atoms with Crippen LogP contribution in [0.25, 0.3) is 0 Å². The van der Waals surface area contributed by atoms with Crippen molar-refractivity contribution in [3.05, 3.63) is 110 Å². The van der Waals surface area contributed by atoms with Crippen molar-refractivity contribution in [3.8, 4) is 0 Å². The van der Waals surface area contributed by atoms with E-state index in [1.54, 1.807) is 19.1 Å². The van der Waals surface area contributed by atoms with Crippen LogP contribution in [0.1, 0.15) is 60.0 Å². The number of carbonyl (C=O) groups is 4. The molecule has 1 fully saturated rings. The lowest BCUT2D eigenvalue weighted by molar-refractivity contribution is -0.122. The molecule has 242 valence electrons. The van der Waals surface area contributed by atoms with Gasteiger partial charge in [-0.2, -0.15) is 0 Å². The molecule has 6 rings (SSSR count). The van der Waals surface area contributed by atoms with E-state index in [4.69, 9.17) is 4.74 Å². The fourth-order valence-electron chi connectivity index (χ4n) is 5.90. The average molecular weight is 674 g/mol. The Morgan fingerprint density at radius 3 is 2.19 bits per heavy atom. The molecule has 1 N–H and O–H groups in total. The molecule has 3 aromatic carbocycles. The van der Waals surface area contributed by atoms with Crippen LogP contribution in [0.5, 0.6) is 0 Å². The van der Waals surface area contributed by atoms with Gasteiger partial charge in [0.1, 0.15) is 17.6 Å². The number of thiazole rings is 1. The normalized spacial score (nSPS) is 18.9. The van der Waals surface area contributed by atoms with Gasteiger partial charge in [0.05, 0.1) is 28.8 Å². The van der Waals surface area contributed by atoms with Gasteiger partial charge < -0.3 is 10.1 Å². The van der Waals surface area contributed by atoms with Crippen molar-refractivity contribution in [1.82, 2.24) is 4.57 Å². The van der Waals surface area contributed by atoms with Gasteiger partial charge in [0.15, 0.2) is 0 Å². The minimum Gasteiger partial charge on any atom is -0.462 e. The standard InChI is InChI=1S/C35H32FN3O6S2/c1-5-45-33(43)20-8-14-23(15-9-20)37-25(40)18-38-32-29(47-34(38)44)26(19-6-10-21(11-7-19)35(2,3)4)27-28(46-32)31(42)39(30(27)41)24-16-12-22(36)13-17-24/h6-17,26-28H,5,18H2,1-4H3,(H,37,40). The van der Waals surface area contributed by atoms with E-state index in [0.29, 0.717) is 21.2 Å². The second-order valence-electron chi connectivity index (χ2n) is 12.4. The second-order valence-corrected chi connectivity index (χ2v) is 14.5. The van der Waals surface area contributed by atoms with E-state index in [1.807, 2.05) is 24.3 Å². The molecule has 12 heteroatoms. The second kappa shape index (κ2) is 12.6. The molecular formula is C35H32FN3O6S2. The van der Waals surface area contributed by atoms with Gasteiger partial charge in [-0.25, -0.2) is 14.1 Å². The number of amides is 3. The summed E-state index contributed by atoms with van der Waals surface area (Å²) in [7, 11) is 0. The number of ether oxygens (including phenoxy) is 1. The number of nitrogens with zero attached hydrogens (tertiary/aromatic N) is 2. The number of thioether (sulfide) groups is 1. The van der Waals surface area contributed by atoms with Gasteiger partial charge in [-0.15, -0.1) is 0 Å². The molecular weight excluding hydrogens is 642 g/mol. The van der Waals surface area contributed by atoms with Crippen LogP contribution >= 0.6 is 23.1 Å². The number of hydrogen-bond donors (Lipinski definition) is 1. The summed E-state index contributed by atoms with van der Waals surface area (Å²) in [6.07, 6.45) is 0. The third-order valence-corrected chi connectivity index (χ3v) is 10.9. The first kappa shape index (κ1) is 32.4. The Bertz CT molecular complexity index is 1930. The zero-order valence-electron chi connectivity index (χ0n) is 26.1. The molecule has 0 radical (unpaired) electrons. The van der Waals surface area contributed by atoms with Crippen LogP contribution in [0.2, 0.25) is 0 Å². The molecule has 2 aliphatic heterocycles. The van der Waals surface area contributed by atoms with Crippen LogP contribution in [-0.4, -0.2) is 40.1 Å². The summed E-state index contributed by atoms with van der Waals surface area (Å²) in [6.45, 7) is 7.91. The lowest BCUT2D eigenvalue weighted by Gasteiger charge is -2.31. The molecule has 3 amide bonds. The number of halogens is 1. The third kappa shape index (κ3) is 6.15. The van der Waals surface area contributed by atoms with Crippen molar-refractivity contribution in [1.29, 1.82) is 0 Å². The number of imide groups is 1. The highest BCUT2D eigenvalue weighted by Gasteiger charge is 2.56. The Morgan fingerprint density at radius 2 is 1.57 bits per heavy atom. The van der Waals surface area contributed by atoms with Gasteiger partial charge in [0, 0.05) is 16.5 Å². The van der Waals surface area contributed by atoms with E-state index in [0.717, 1.165) is 39.1 Å². The first-order valence-electron chi connectivity index (χ1n) is 15.1. The lowest BCUT2D eigenvalue weighted by Crippen LogP contribution is -2.33. The SMILES string of the molecule is CCOC(=O)c1ccc(NC(=O)Cn2c3c(sc2=O)C(c2ccc(C(C)(C)C)cc2)C2C(=O)N(c4ccc(F)cc4)C(=O)C2S3)cc1. The summed E-state index contributed by atoms with van der Waals surface area (Å²) in [4.78, 5) is 67.9. The molecule has 2 aliphatic rings.